The van der Waals surface area contributed by atoms with Crippen molar-refractivity contribution in [3.05, 3.63) is 0 Å². The lowest BCUT2D eigenvalue weighted by Gasteiger charge is -2.18. The van der Waals surface area contributed by atoms with E-state index in [1.165, 1.54) is 4.90 Å². The van der Waals surface area contributed by atoms with E-state index in [4.69, 9.17) is 0 Å². The summed E-state index contributed by atoms with van der Waals surface area (Å²) in [4.78, 5) is 27.4. The van der Waals surface area contributed by atoms with Gasteiger partial charge >= 0.3 is 5.24 Å². The Morgan fingerprint density at radius 2 is 2.29 bits per heavy atom. The normalized spacial score (nSPS) is 17.6. The van der Waals surface area contributed by atoms with Crippen LogP contribution in [0.4, 0.5) is 4.79 Å². The van der Waals surface area contributed by atoms with Crippen LogP contribution in [0.15, 0.2) is 4.99 Å². The highest BCUT2D eigenvalue weighted by molar-refractivity contribution is 8.14. The van der Waals surface area contributed by atoms with Crippen LogP contribution in [0.3, 0.4) is 0 Å². The van der Waals surface area contributed by atoms with Gasteiger partial charge in [-0.2, -0.15) is 4.99 Å². The molecule has 0 unspecified atom stereocenters. The Hall–Kier alpha value is -1.04. The van der Waals surface area contributed by atoms with Crippen molar-refractivity contribution in [3.63, 3.8) is 0 Å². The van der Waals surface area contributed by atoms with Gasteiger partial charge in [0.1, 0.15) is 11.9 Å². The second kappa shape index (κ2) is 4.45. The quantitative estimate of drug-likeness (QED) is 0.720. The molecule has 0 spiro atoms. The number of nitrogens with one attached hydrogen (secondary N) is 1. The lowest BCUT2D eigenvalue weighted by Crippen LogP contribution is -2.44. The summed E-state index contributed by atoms with van der Waals surface area (Å²) < 4.78 is 0. The minimum atomic E-state index is -0.338. The van der Waals surface area contributed by atoms with Crippen molar-refractivity contribution in [2.75, 3.05) is 19.8 Å². The molecule has 0 saturated carbocycles. The lowest BCUT2D eigenvalue weighted by atomic mass is 10.3. The van der Waals surface area contributed by atoms with E-state index in [9.17, 15) is 9.59 Å². The molecule has 14 heavy (non-hydrogen) atoms. The Kier molecular flexibility index (Phi) is 3.51. The van der Waals surface area contributed by atoms with Gasteiger partial charge < -0.3 is 10.2 Å². The van der Waals surface area contributed by atoms with Crippen molar-refractivity contribution in [1.29, 1.82) is 0 Å². The number of thioether (sulfide) groups is 1. The van der Waals surface area contributed by atoms with Gasteiger partial charge in [-0.1, -0.05) is 11.8 Å². The van der Waals surface area contributed by atoms with Crippen LogP contribution in [0.2, 0.25) is 0 Å². The predicted octanol–water partition coefficient (Wildman–Crippen LogP) is 0.318. The summed E-state index contributed by atoms with van der Waals surface area (Å²) in [6.45, 7) is 1.75. The summed E-state index contributed by atoms with van der Waals surface area (Å²) in [6, 6.07) is -0.338. The number of hydrogen-bond donors (Lipinski definition) is 1. The molecule has 0 radical (unpaired) electrons. The smallest absolute Gasteiger partial charge is 0.306 e. The number of hydrogen-bond acceptors (Lipinski definition) is 4. The van der Waals surface area contributed by atoms with Crippen LogP contribution in [0.5, 0.6) is 0 Å². The topological polar surface area (TPSA) is 61.8 Å². The van der Waals surface area contributed by atoms with E-state index in [1.807, 2.05) is 0 Å². The summed E-state index contributed by atoms with van der Waals surface area (Å²) in [5, 5.41) is 2.71. The molecule has 0 aromatic rings. The first-order valence-electron chi connectivity index (χ1n) is 4.22. The molecule has 2 amide bonds. The molecule has 0 aliphatic carbocycles. The molecule has 6 heteroatoms. The number of rotatable bonds is 2. The van der Waals surface area contributed by atoms with Crippen LogP contribution in [-0.4, -0.2) is 47.8 Å². The summed E-state index contributed by atoms with van der Waals surface area (Å²) in [5.41, 5.74) is 0. The van der Waals surface area contributed by atoms with Gasteiger partial charge in [0.15, 0.2) is 0 Å². The monoisotopic (exact) mass is 215 g/mol. The molecule has 0 bridgehead atoms. The van der Waals surface area contributed by atoms with Gasteiger partial charge in [-0.15, -0.1) is 0 Å². The lowest BCUT2D eigenvalue weighted by molar-refractivity contribution is -0.130. The van der Waals surface area contributed by atoms with Crippen molar-refractivity contribution in [2.45, 2.75) is 13.0 Å². The Bertz CT molecular complexity index is 288. The zero-order valence-corrected chi connectivity index (χ0v) is 9.22. The summed E-state index contributed by atoms with van der Waals surface area (Å²) in [6.07, 6.45) is 0. The maximum atomic E-state index is 11.4. The molecule has 1 aliphatic rings. The Morgan fingerprint density at radius 3 is 2.71 bits per heavy atom. The third-order valence-electron chi connectivity index (χ3n) is 1.75. The van der Waals surface area contributed by atoms with E-state index in [1.54, 1.807) is 21.0 Å². The third-order valence-corrected chi connectivity index (χ3v) is 2.51. The predicted molar refractivity (Wildman–Crippen MR) is 56.6 cm³/mol. The van der Waals surface area contributed by atoms with E-state index in [0.717, 1.165) is 11.8 Å². The van der Waals surface area contributed by atoms with Crippen molar-refractivity contribution in [1.82, 2.24) is 10.2 Å². The highest BCUT2D eigenvalue weighted by atomic mass is 32.2. The molecule has 0 fully saturated rings. The molecule has 1 aliphatic heterocycles. The SMILES string of the molecule is C[C@@H](NC1=NC(=O)SC1)C(=O)N(C)C. The number of nitrogens with zero attached hydrogens (tertiary/aromatic N) is 2. The van der Waals surface area contributed by atoms with Crippen LogP contribution in [0.25, 0.3) is 0 Å². The minimum absolute atomic E-state index is 0.0305. The number of amidine groups is 1. The molecule has 1 heterocycles. The van der Waals surface area contributed by atoms with Crippen LogP contribution >= 0.6 is 11.8 Å². The van der Waals surface area contributed by atoms with E-state index in [-0.39, 0.29) is 17.2 Å². The molecular weight excluding hydrogens is 202 g/mol. The summed E-state index contributed by atoms with van der Waals surface area (Å²) in [5.74, 6) is 1.09. The van der Waals surface area contributed by atoms with Crippen LogP contribution in [0.1, 0.15) is 6.92 Å². The first-order valence-corrected chi connectivity index (χ1v) is 5.21. The Morgan fingerprint density at radius 1 is 1.64 bits per heavy atom. The molecule has 78 valence electrons. The van der Waals surface area contributed by atoms with Crippen LogP contribution < -0.4 is 5.32 Å². The molecular formula is C8H13N3O2S. The molecule has 0 saturated heterocycles. The third kappa shape index (κ3) is 2.73. The number of aliphatic imine (C=N–C) groups is 1. The first-order chi connectivity index (χ1) is 6.50. The molecule has 0 aromatic carbocycles. The number of amides is 2. The van der Waals surface area contributed by atoms with Gasteiger partial charge in [-0.25, -0.2) is 0 Å². The zero-order chi connectivity index (χ0) is 10.7. The molecule has 0 aromatic heterocycles. The van der Waals surface area contributed by atoms with Crippen molar-refractivity contribution >= 4 is 28.7 Å². The van der Waals surface area contributed by atoms with Gasteiger partial charge in [0.2, 0.25) is 5.91 Å². The van der Waals surface area contributed by atoms with Crippen molar-refractivity contribution < 1.29 is 9.59 Å². The Balaban J connectivity index is 2.49. The van der Waals surface area contributed by atoms with Crippen LogP contribution in [-0.2, 0) is 4.79 Å². The fraction of sp³-hybridized carbons (Fsp3) is 0.625. The van der Waals surface area contributed by atoms with Gasteiger partial charge in [-0.3, -0.25) is 9.59 Å². The van der Waals surface area contributed by atoms with Gasteiger partial charge in [0, 0.05) is 14.1 Å². The molecule has 1 atom stereocenters. The molecule has 5 nitrogen and oxygen atoms in total. The summed E-state index contributed by atoms with van der Waals surface area (Å²) >= 11 is 1.14. The van der Waals surface area contributed by atoms with E-state index in [0.29, 0.717) is 11.6 Å². The van der Waals surface area contributed by atoms with E-state index >= 15 is 0 Å². The number of carbonyl (C=O) groups is 2. The highest BCUT2D eigenvalue weighted by Crippen LogP contribution is 2.12. The average Bonchev–Trinajstić information content (AvgIpc) is 2.49. The maximum absolute atomic E-state index is 11.4. The summed E-state index contributed by atoms with van der Waals surface area (Å²) in [7, 11) is 3.38. The van der Waals surface area contributed by atoms with Gasteiger partial charge in [0.05, 0.1) is 5.75 Å². The minimum Gasteiger partial charge on any atom is -0.361 e. The van der Waals surface area contributed by atoms with Crippen molar-refractivity contribution in [2.24, 2.45) is 4.99 Å². The average molecular weight is 215 g/mol. The Labute approximate surface area is 86.9 Å². The molecule has 1 rings (SSSR count). The first kappa shape index (κ1) is 11.0. The van der Waals surface area contributed by atoms with E-state index in [2.05, 4.69) is 10.3 Å². The second-order valence-electron chi connectivity index (χ2n) is 3.21. The van der Waals surface area contributed by atoms with Crippen LogP contribution in [0, 0.1) is 0 Å². The maximum Gasteiger partial charge on any atom is 0.306 e. The van der Waals surface area contributed by atoms with E-state index < -0.39 is 0 Å². The standard InChI is InChI=1S/C8H13N3O2S/c1-5(7(12)11(2)3)9-6-4-14-8(13)10-6/h5H,4H2,1-3H3,(H,9,10,13)/t5-/m1/s1. The number of carbonyl (C=O) groups excluding carboxylic acids is 2. The fourth-order valence-corrected chi connectivity index (χ4v) is 1.66. The molecule has 1 N–H and O–H groups in total. The zero-order valence-electron chi connectivity index (χ0n) is 8.40. The second-order valence-corrected chi connectivity index (χ2v) is 4.14. The largest absolute Gasteiger partial charge is 0.361 e. The van der Waals surface area contributed by atoms with Gasteiger partial charge in [-0.05, 0) is 6.92 Å². The van der Waals surface area contributed by atoms with Gasteiger partial charge in [0.25, 0.3) is 0 Å². The number of likely N-dealkylation sites (N-methyl/N-ethyl adjacent to an activating group) is 1. The highest BCUT2D eigenvalue weighted by Gasteiger charge is 2.20. The fourth-order valence-electron chi connectivity index (χ4n) is 1.08. The van der Waals surface area contributed by atoms with Crippen molar-refractivity contribution in [3.8, 4) is 0 Å².